The quantitative estimate of drug-likeness (QED) is 0.359. The van der Waals surface area contributed by atoms with E-state index in [1.54, 1.807) is 41.0 Å². The first-order valence-corrected chi connectivity index (χ1v) is 11.2. The zero-order valence-electron chi connectivity index (χ0n) is 17.5. The number of rotatable bonds is 5. The zero-order valence-corrected chi connectivity index (χ0v) is 18.3. The van der Waals surface area contributed by atoms with Crippen molar-refractivity contribution in [2.45, 2.75) is 24.5 Å². The summed E-state index contributed by atoms with van der Waals surface area (Å²) in [6.45, 7) is 1.48. The molecule has 10 heteroatoms. The maximum atomic E-state index is 13.3. The van der Waals surface area contributed by atoms with E-state index in [0.717, 1.165) is 0 Å². The lowest BCUT2D eigenvalue weighted by Gasteiger charge is -2.13. The van der Waals surface area contributed by atoms with Gasteiger partial charge >= 0.3 is 0 Å². The van der Waals surface area contributed by atoms with Gasteiger partial charge in [-0.2, -0.15) is 5.10 Å². The van der Waals surface area contributed by atoms with Crippen LogP contribution in [0.5, 0.6) is 0 Å². The molecule has 0 aliphatic carbocycles. The van der Waals surface area contributed by atoms with E-state index in [1.165, 1.54) is 41.7 Å². The molecular weight excluding hydrogens is 445 g/mol. The molecule has 0 saturated heterocycles. The molecule has 0 spiro atoms. The van der Waals surface area contributed by atoms with Crippen LogP contribution in [0, 0.1) is 5.82 Å². The molecular formula is C23H18FN5O3S. The van der Waals surface area contributed by atoms with Gasteiger partial charge in [-0.15, -0.1) is 0 Å². The number of carbonyl (C=O) groups excluding carboxylic acids is 2. The number of aromatic nitrogens is 4. The summed E-state index contributed by atoms with van der Waals surface area (Å²) in [5.41, 5.74) is 1.87. The Bertz CT molecular complexity index is 1440. The Kier molecular flexibility index (Phi) is 5.29. The number of benzene rings is 2. The molecule has 1 aliphatic heterocycles. The first kappa shape index (κ1) is 21.1. The summed E-state index contributed by atoms with van der Waals surface area (Å²) in [5, 5.41) is 7.92. The van der Waals surface area contributed by atoms with Gasteiger partial charge in [-0.05, 0) is 55.5 Å². The summed E-state index contributed by atoms with van der Waals surface area (Å²) >= 11 is 1.40. The van der Waals surface area contributed by atoms with Crippen LogP contribution in [-0.2, 0) is 4.79 Å². The standard InChI is InChI=1S/C23H18FN5O3S/c1-13(30)14-2-6-16(7-3-14)26-20(31)10-18-12-33-23-27-21-19(22(32)28(18)23)11-25-29(21)17-8-4-15(24)5-9-17/h2-9,11,18H,10,12H2,1H3,(H,26,31). The molecule has 33 heavy (non-hydrogen) atoms. The van der Waals surface area contributed by atoms with E-state index in [-0.39, 0.29) is 35.5 Å². The monoisotopic (exact) mass is 463 g/mol. The number of Topliss-reactive ketones (excluding diaryl/α,β-unsaturated/α-hetero) is 1. The third-order valence-electron chi connectivity index (χ3n) is 5.44. The number of halogens is 1. The van der Waals surface area contributed by atoms with Gasteiger partial charge in [0.15, 0.2) is 16.6 Å². The van der Waals surface area contributed by atoms with Crippen LogP contribution < -0.4 is 10.9 Å². The predicted octanol–water partition coefficient (Wildman–Crippen LogP) is 3.60. The first-order chi connectivity index (χ1) is 15.9. The van der Waals surface area contributed by atoms with Crippen LogP contribution in [0.15, 0.2) is 64.7 Å². The summed E-state index contributed by atoms with van der Waals surface area (Å²) in [6, 6.07) is 12.1. The van der Waals surface area contributed by atoms with Gasteiger partial charge in [0.2, 0.25) is 5.91 Å². The molecule has 5 rings (SSSR count). The molecule has 0 bridgehead atoms. The Balaban J connectivity index is 1.39. The van der Waals surface area contributed by atoms with E-state index in [4.69, 9.17) is 0 Å². The molecule has 1 atom stereocenters. The SMILES string of the molecule is CC(=O)c1ccc(NC(=O)CC2CSc3nc4c(cnn4-c4ccc(F)cc4)c(=O)n32)cc1. The van der Waals surface area contributed by atoms with E-state index in [1.807, 2.05) is 0 Å². The van der Waals surface area contributed by atoms with E-state index in [2.05, 4.69) is 15.4 Å². The van der Waals surface area contributed by atoms with Crippen LogP contribution in [0.25, 0.3) is 16.7 Å². The minimum Gasteiger partial charge on any atom is -0.326 e. The molecule has 4 aromatic rings. The van der Waals surface area contributed by atoms with Gasteiger partial charge in [0.1, 0.15) is 11.2 Å². The number of anilines is 1. The predicted molar refractivity (Wildman–Crippen MR) is 123 cm³/mol. The fraction of sp³-hybridized carbons (Fsp3) is 0.174. The minimum absolute atomic E-state index is 0.0478. The molecule has 1 N–H and O–H groups in total. The summed E-state index contributed by atoms with van der Waals surface area (Å²) in [6.07, 6.45) is 1.55. The van der Waals surface area contributed by atoms with Gasteiger partial charge in [0, 0.05) is 23.4 Å². The number of amides is 1. The summed E-state index contributed by atoms with van der Waals surface area (Å²) in [7, 11) is 0. The van der Waals surface area contributed by atoms with Gasteiger partial charge in [-0.25, -0.2) is 14.1 Å². The van der Waals surface area contributed by atoms with E-state index in [9.17, 15) is 18.8 Å². The van der Waals surface area contributed by atoms with Crippen molar-refractivity contribution in [2.24, 2.45) is 0 Å². The number of nitrogens with one attached hydrogen (secondary N) is 1. The van der Waals surface area contributed by atoms with Gasteiger partial charge in [-0.3, -0.25) is 19.0 Å². The number of hydrogen-bond acceptors (Lipinski definition) is 6. The van der Waals surface area contributed by atoms with Crippen molar-refractivity contribution in [3.05, 3.63) is 76.5 Å². The second-order valence-corrected chi connectivity index (χ2v) is 8.68. The van der Waals surface area contributed by atoms with Crippen molar-refractivity contribution < 1.29 is 14.0 Å². The molecule has 2 aromatic carbocycles. The van der Waals surface area contributed by atoms with Crippen molar-refractivity contribution in [1.82, 2.24) is 19.3 Å². The normalized spacial score (nSPS) is 14.9. The summed E-state index contributed by atoms with van der Waals surface area (Å²) in [5.74, 6) is -0.114. The first-order valence-electron chi connectivity index (χ1n) is 10.2. The number of thioether (sulfide) groups is 1. The maximum Gasteiger partial charge on any atom is 0.265 e. The van der Waals surface area contributed by atoms with Gasteiger partial charge in [0.25, 0.3) is 5.56 Å². The summed E-state index contributed by atoms with van der Waals surface area (Å²) in [4.78, 5) is 41.8. The lowest BCUT2D eigenvalue weighted by Crippen LogP contribution is -2.27. The van der Waals surface area contributed by atoms with Crippen LogP contribution in [0.1, 0.15) is 29.7 Å². The molecule has 8 nitrogen and oxygen atoms in total. The Labute approximate surface area is 191 Å². The third-order valence-corrected chi connectivity index (χ3v) is 6.54. The highest BCUT2D eigenvalue weighted by Crippen LogP contribution is 2.33. The van der Waals surface area contributed by atoms with E-state index < -0.39 is 0 Å². The van der Waals surface area contributed by atoms with E-state index in [0.29, 0.717) is 38.9 Å². The average Bonchev–Trinajstić information content (AvgIpc) is 3.40. The van der Waals surface area contributed by atoms with Crippen LogP contribution in [0.2, 0.25) is 0 Å². The lowest BCUT2D eigenvalue weighted by molar-refractivity contribution is -0.116. The molecule has 1 unspecified atom stereocenters. The largest absolute Gasteiger partial charge is 0.326 e. The van der Waals surface area contributed by atoms with Crippen molar-refractivity contribution in [2.75, 3.05) is 11.1 Å². The minimum atomic E-state index is -0.365. The second kappa shape index (κ2) is 8.28. The fourth-order valence-corrected chi connectivity index (χ4v) is 4.90. The van der Waals surface area contributed by atoms with Gasteiger partial charge < -0.3 is 5.32 Å². The maximum absolute atomic E-state index is 13.3. The topological polar surface area (TPSA) is 98.9 Å². The molecule has 0 radical (unpaired) electrons. The molecule has 1 aliphatic rings. The van der Waals surface area contributed by atoms with Crippen molar-refractivity contribution >= 4 is 40.2 Å². The van der Waals surface area contributed by atoms with Gasteiger partial charge in [-0.1, -0.05) is 11.8 Å². The fourth-order valence-electron chi connectivity index (χ4n) is 3.77. The number of nitrogens with zero attached hydrogens (tertiary/aromatic N) is 4. The zero-order chi connectivity index (χ0) is 23.1. The summed E-state index contributed by atoms with van der Waals surface area (Å²) < 4.78 is 16.3. The highest BCUT2D eigenvalue weighted by molar-refractivity contribution is 7.99. The number of ketones is 1. The highest BCUT2D eigenvalue weighted by Gasteiger charge is 2.29. The molecule has 166 valence electrons. The molecule has 0 fully saturated rings. The highest BCUT2D eigenvalue weighted by atomic mass is 32.2. The number of carbonyl (C=O) groups is 2. The molecule has 3 heterocycles. The van der Waals surface area contributed by atoms with Crippen molar-refractivity contribution in [1.29, 1.82) is 0 Å². The Morgan fingerprint density at radius 3 is 2.58 bits per heavy atom. The van der Waals surface area contributed by atoms with Crippen LogP contribution in [0.4, 0.5) is 10.1 Å². The van der Waals surface area contributed by atoms with Crippen LogP contribution >= 0.6 is 11.8 Å². The average molecular weight is 463 g/mol. The van der Waals surface area contributed by atoms with Crippen LogP contribution in [0.3, 0.4) is 0 Å². The Morgan fingerprint density at radius 2 is 1.88 bits per heavy atom. The molecule has 0 saturated carbocycles. The smallest absolute Gasteiger partial charge is 0.265 e. The Hall–Kier alpha value is -3.79. The van der Waals surface area contributed by atoms with Crippen molar-refractivity contribution in [3.63, 3.8) is 0 Å². The molecule has 2 aromatic heterocycles. The van der Waals surface area contributed by atoms with Gasteiger partial charge in [0.05, 0.1) is 17.9 Å². The van der Waals surface area contributed by atoms with Crippen molar-refractivity contribution in [3.8, 4) is 5.69 Å². The van der Waals surface area contributed by atoms with Crippen LogP contribution in [-0.4, -0.2) is 36.8 Å². The Morgan fingerprint density at radius 1 is 1.15 bits per heavy atom. The lowest BCUT2D eigenvalue weighted by atomic mass is 10.1. The van der Waals surface area contributed by atoms with E-state index >= 15 is 0 Å². The second-order valence-electron chi connectivity index (χ2n) is 7.69. The number of hydrogen-bond donors (Lipinski definition) is 1. The third kappa shape index (κ3) is 3.93. The number of fused-ring (bicyclic) bond motifs is 2. The molecule has 1 amide bonds.